The number of nitrogens with zero attached hydrogens (tertiary/aromatic N) is 1. The van der Waals surface area contributed by atoms with Crippen LogP contribution in [0.3, 0.4) is 0 Å². The van der Waals surface area contributed by atoms with E-state index in [2.05, 4.69) is 0 Å². The molecule has 25 heavy (non-hydrogen) atoms. The van der Waals surface area contributed by atoms with Crippen LogP contribution in [0.5, 0.6) is 0 Å². The molecule has 1 saturated heterocycles. The summed E-state index contributed by atoms with van der Waals surface area (Å²) in [5.74, 6) is 0.0800. The zero-order valence-electron chi connectivity index (χ0n) is 14.1. The molecule has 0 unspecified atom stereocenters. The molecule has 4 nitrogen and oxygen atoms in total. The molecule has 2 aromatic carbocycles. The largest absolute Gasteiger partial charge is 0.357 e. The lowest BCUT2D eigenvalue weighted by molar-refractivity contribution is -0.0482. The lowest BCUT2D eigenvalue weighted by Crippen LogP contribution is -2.41. The molecule has 2 aliphatic rings. The second-order valence-corrected chi connectivity index (χ2v) is 8.45. The van der Waals surface area contributed by atoms with Crippen molar-refractivity contribution in [3.8, 4) is 0 Å². The summed E-state index contributed by atoms with van der Waals surface area (Å²) in [7, 11) is -3.63. The van der Waals surface area contributed by atoms with E-state index in [0.29, 0.717) is 11.5 Å². The highest BCUT2D eigenvalue weighted by molar-refractivity contribution is 7.89. The van der Waals surface area contributed by atoms with E-state index in [1.165, 1.54) is 4.31 Å². The Morgan fingerprint density at radius 1 is 1.04 bits per heavy atom. The van der Waals surface area contributed by atoms with E-state index in [0.717, 1.165) is 29.5 Å². The van der Waals surface area contributed by atoms with Gasteiger partial charge in [0, 0.05) is 18.7 Å². The van der Waals surface area contributed by atoms with Crippen LogP contribution in [0.15, 0.2) is 65.7 Å². The normalized spacial score (nSPS) is 23.2. The van der Waals surface area contributed by atoms with Crippen molar-refractivity contribution in [2.45, 2.75) is 30.9 Å². The summed E-state index contributed by atoms with van der Waals surface area (Å²) in [5, 5.41) is 0. The fourth-order valence-corrected chi connectivity index (χ4v) is 5.05. The first-order valence-electron chi connectivity index (χ1n) is 8.56. The molecule has 0 spiro atoms. The van der Waals surface area contributed by atoms with Gasteiger partial charge in [0.25, 0.3) is 10.0 Å². The molecule has 4 rings (SSSR count). The van der Waals surface area contributed by atoms with E-state index in [1.54, 1.807) is 18.3 Å². The second kappa shape index (κ2) is 6.32. The fraction of sp³-hybridized carbons (Fsp3) is 0.300. The summed E-state index contributed by atoms with van der Waals surface area (Å²) >= 11 is 0. The van der Waals surface area contributed by atoms with Gasteiger partial charge in [0.05, 0.1) is 4.90 Å². The third kappa shape index (κ3) is 2.87. The maximum absolute atomic E-state index is 13.2. The number of sulfonamides is 1. The molecule has 0 bridgehead atoms. The summed E-state index contributed by atoms with van der Waals surface area (Å²) in [6.07, 6.45) is 3.20. The van der Waals surface area contributed by atoms with Crippen molar-refractivity contribution in [2.75, 3.05) is 6.61 Å². The summed E-state index contributed by atoms with van der Waals surface area (Å²) in [6, 6.07) is 17.0. The number of hydrogen-bond acceptors (Lipinski definition) is 3. The van der Waals surface area contributed by atoms with E-state index < -0.39 is 16.3 Å². The number of ether oxygens (including phenoxy) is 1. The minimum Gasteiger partial charge on any atom is -0.357 e. The van der Waals surface area contributed by atoms with Crippen LogP contribution in [0.25, 0.3) is 5.57 Å². The van der Waals surface area contributed by atoms with E-state index in [-0.39, 0.29) is 5.92 Å². The van der Waals surface area contributed by atoms with Crippen molar-refractivity contribution >= 4 is 15.6 Å². The molecule has 0 aliphatic carbocycles. The van der Waals surface area contributed by atoms with E-state index >= 15 is 0 Å². The molecule has 0 aromatic heterocycles. The molecule has 0 N–H and O–H groups in total. The second-order valence-electron chi connectivity index (χ2n) is 6.61. The Balaban J connectivity index is 1.77. The highest BCUT2D eigenvalue weighted by Gasteiger charge is 2.44. The molecule has 0 saturated carbocycles. The first-order chi connectivity index (χ1) is 12.1. The predicted molar refractivity (Wildman–Crippen MR) is 97.1 cm³/mol. The summed E-state index contributed by atoms with van der Waals surface area (Å²) in [6.45, 7) is 2.54. The van der Waals surface area contributed by atoms with Crippen molar-refractivity contribution in [2.24, 2.45) is 5.92 Å². The number of hydrogen-bond donors (Lipinski definition) is 0. The molecule has 130 valence electrons. The van der Waals surface area contributed by atoms with Gasteiger partial charge in [-0.2, -0.15) is 0 Å². The topological polar surface area (TPSA) is 46.6 Å². The monoisotopic (exact) mass is 355 g/mol. The van der Waals surface area contributed by atoms with Crippen molar-refractivity contribution in [3.05, 3.63) is 71.9 Å². The smallest absolute Gasteiger partial charge is 0.266 e. The first-order valence-corrected chi connectivity index (χ1v) is 10.0. The van der Waals surface area contributed by atoms with Crippen molar-refractivity contribution < 1.29 is 13.2 Å². The van der Waals surface area contributed by atoms with Crippen LogP contribution < -0.4 is 0 Å². The average Bonchev–Trinajstić information content (AvgIpc) is 3.03. The SMILES string of the molecule is Cc1ccc(S(=O)(=O)N2C=C(c3ccccc3)[C@@H]3CCCO[C@@H]32)cc1. The van der Waals surface area contributed by atoms with Gasteiger partial charge in [0.15, 0.2) is 6.23 Å². The van der Waals surface area contributed by atoms with Gasteiger partial charge in [-0.1, -0.05) is 48.0 Å². The van der Waals surface area contributed by atoms with Gasteiger partial charge < -0.3 is 4.74 Å². The fourth-order valence-electron chi connectivity index (χ4n) is 3.59. The van der Waals surface area contributed by atoms with Crippen molar-refractivity contribution in [1.29, 1.82) is 0 Å². The molecule has 5 heteroatoms. The molecular weight excluding hydrogens is 334 g/mol. The summed E-state index contributed by atoms with van der Waals surface area (Å²) in [5.41, 5.74) is 3.14. The summed E-state index contributed by atoms with van der Waals surface area (Å²) < 4.78 is 33.7. The van der Waals surface area contributed by atoms with Crippen LogP contribution in [-0.4, -0.2) is 25.6 Å². The Morgan fingerprint density at radius 3 is 2.48 bits per heavy atom. The van der Waals surface area contributed by atoms with Crippen LogP contribution in [0.4, 0.5) is 0 Å². The van der Waals surface area contributed by atoms with E-state index in [9.17, 15) is 8.42 Å². The molecule has 1 fully saturated rings. The lowest BCUT2D eigenvalue weighted by Gasteiger charge is -2.33. The van der Waals surface area contributed by atoms with Crippen molar-refractivity contribution in [1.82, 2.24) is 4.31 Å². The minimum atomic E-state index is -3.63. The standard InChI is InChI=1S/C20H21NO3S/c1-15-9-11-17(12-10-15)25(22,23)21-14-19(16-6-3-2-4-7-16)18-8-5-13-24-20(18)21/h2-4,6-7,9-12,14,18,20H,5,8,13H2,1H3/t18-,20-/m0/s1. The van der Waals surface area contributed by atoms with Gasteiger partial charge in [0.2, 0.25) is 0 Å². The van der Waals surface area contributed by atoms with Gasteiger partial charge in [-0.25, -0.2) is 12.7 Å². The maximum Gasteiger partial charge on any atom is 0.266 e. The Morgan fingerprint density at radius 2 is 1.76 bits per heavy atom. The quantitative estimate of drug-likeness (QED) is 0.841. The number of rotatable bonds is 3. The van der Waals surface area contributed by atoms with Crippen LogP contribution in [0.1, 0.15) is 24.0 Å². The van der Waals surface area contributed by atoms with Crippen LogP contribution in [0, 0.1) is 12.8 Å². The Hall–Kier alpha value is -2.11. The Bertz CT molecular complexity index is 888. The highest BCUT2D eigenvalue weighted by atomic mass is 32.2. The molecule has 0 amide bonds. The number of aryl methyl sites for hydroxylation is 1. The van der Waals surface area contributed by atoms with Crippen LogP contribution in [0.2, 0.25) is 0 Å². The molecule has 2 aromatic rings. The van der Waals surface area contributed by atoms with Gasteiger partial charge in [-0.05, 0) is 43.0 Å². The molecule has 0 radical (unpaired) electrons. The van der Waals surface area contributed by atoms with Gasteiger partial charge in [-0.3, -0.25) is 0 Å². The van der Waals surface area contributed by atoms with Gasteiger partial charge in [-0.15, -0.1) is 0 Å². The van der Waals surface area contributed by atoms with Gasteiger partial charge >= 0.3 is 0 Å². The highest BCUT2D eigenvalue weighted by Crippen LogP contribution is 2.43. The number of benzene rings is 2. The average molecular weight is 355 g/mol. The Labute approximate surface area is 148 Å². The summed E-state index contributed by atoms with van der Waals surface area (Å²) in [4.78, 5) is 0.302. The Kier molecular flexibility index (Phi) is 4.13. The minimum absolute atomic E-state index is 0.0800. The number of fused-ring (bicyclic) bond motifs is 1. The van der Waals surface area contributed by atoms with E-state index in [1.807, 2.05) is 49.4 Å². The van der Waals surface area contributed by atoms with Gasteiger partial charge in [0.1, 0.15) is 0 Å². The molecule has 2 heterocycles. The maximum atomic E-state index is 13.2. The van der Waals surface area contributed by atoms with Crippen molar-refractivity contribution in [3.63, 3.8) is 0 Å². The third-order valence-corrected chi connectivity index (χ3v) is 6.65. The molecule has 2 aliphatic heterocycles. The zero-order chi connectivity index (χ0) is 17.4. The molecular formula is C20H21NO3S. The third-order valence-electron chi connectivity index (χ3n) is 4.91. The molecule has 2 atom stereocenters. The first kappa shape index (κ1) is 16.4. The lowest BCUT2D eigenvalue weighted by atomic mass is 9.89. The predicted octanol–water partition coefficient (Wildman–Crippen LogP) is 3.79. The van der Waals surface area contributed by atoms with E-state index in [4.69, 9.17) is 4.74 Å². The zero-order valence-corrected chi connectivity index (χ0v) is 14.9. The van der Waals surface area contributed by atoms with Crippen LogP contribution in [-0.2, 0) is 14.8 Å². The van der Waals surface area contributed by atoms with Crippen LogP contribution >= 0.6 is 0 Å².